The predicted octanol–water partition coefficient (Wildman–Crippen LogP) is 3.31. The molecule has 0 saturated heterocycles. The Kier molecular flexibility index (Phi) is 3.86. The van der Waals surface area contributed by atoms with Gasteiger partial charge in [0.25, 0.3) is 0 Å². The summed E-state index contributed by atoms with van der Waals surface area (Å²) in [5, 5.41) is 16.2. The molecule has 3 rings (SSSR count). The normalized spacial score (nSPS) is 23.7. The summed E-state index contributed by atoms with van der Waals surface area (Å²) in [6.45, 7) is 0.225. The first-order valence-electron chi connectivity index (χ1n) is 6.56. The Bertz CT molecular complexity index is 574. The number of nitrogens with zero attached hydrogens (tertiary/aromatic N) is 2. The molecular formula is C13H16ClN3OS. The maximum absolute atomic E-state index is 9.47. The standard InChI is InChI=1S/C13H16ClN3OS/c14-13-16-11(9-5-6-19-12(9)17-13)15-10-4-2-1-3-8(10)7-18/h5-6,8,10,18H,1-4,7H2,(H,15,16,17). The van der Waals surface area contributed by atoms with Crippen LogP contribution in [0.25, 0.3) is 10.2 Å². The molecule has 0 aromatic carbocycles. The molecule has 2 N–H and O–H groups in total. The summed E-state index contributed by atoms with van der Waals surface area (Å²) >= 11 is 7.52. The number of rotatable bonds is 3. The van der Waals surface area contributed by atoms with Crippen molar-refractivity contribution in [3.05, 3.63) is 16.7 Å². The first-order chi connectivity index (χ1) is 9.28. The van der Waals surface area contributed by atoms with Gasteiger partial charge >= 0.3 is 0 Å². The minimum atomic E-state index is 0.225. The van der Waals surface area contributed by atoms with E-state index in [9.17, 15) is 5.11 Å². The van der Waals surface area contributed by atoms with Crippen molar-refractivity contribution in [1.82, 2.24) is 9.97 Å². The zero-order valence-corrected chi connectivity index (χ0v) is 12.0. The summed E-state index contributed by atoms with van der Waals surface area (Å²) in [5.74, 6) is 1.10. The number of hydrogen-bond acceptors (Lipinski definition) is 5. The van der Waals surface area contributed by atoms with Crippen molar-refractivity contribution < 1.29 is 5.11 Å². The monoisotopic (exact) mass is 297 g/mol. The first kappa shape index (κ1) is 13.1. The fourth-order valence-corrected chi connectivity index (χ4v) is 3.71. The zero-order chi connectivity index (χ0) is 13.2. The van der Waals surface area contributed by atoms with Crippen LogP contribution < -0.4 is 5.32 Å². The SMILES string of the molecule is OCC1CCCCC1Nc1nc(Cl)nc2sccc12. The van der Waals surface area contributed by atoms with Crippen LogP contribution in [0.1, 0.15) is 25.7 Å². The van der Waals surface area contributed by atoms with Gasteiger partial charge in [-0.2, -0.15) is 0 Å². The lowest BCUT2D eigenvalue weighted by molar-refractivity contribution is 0.178. The molecule has 2 atom stereocenters. The van der Waals surface area contributed by atoms with Gasteiger partial charge in [-0.1, -0.05) is 12.8 Å². The van der Waals surface area contributed by atoms with E-state index >= 15 is 0 Å². The molecule has 102 valence electrons. The highest BCUT2D eigenvalue weighted by molar-refractivity contribution is 7.16. The molecule has 2 aromatic heterocycles. The third-order valence-electron chi connectivity index (χ3n) is 3.76. The van der Waals surface area contributed by atoms with Crippen LogP contribution >= 0.6 is 22.9 Å². The summed E-state index contributed by atoms with van der Waals surface area (Å²) < 4.78 is 0. The second-order valence-corrected chi connectivity index (χ2v) is 6.19. The maximum atomic E-state index is 9.47. The van der Waals surface area contributed by atoms with Gasteiger partial charge in [-0.3, -0.25) is 0 Å². The van der Waals surface area contributed by atoms with Gasteiger partial charge in [0.05, 0.1) is 5.39 Å². The van der Waals surface area contributed by atoms with Gasteiger partial charge in [0.2, 0.25) is 5.28 Å². The van der Waals surface area contributed by atoms with E-state index in [1.165, 1.54) is 12.8 Å². The van der Waals surface area contributed by atoms with Crippen LogP contribution in [0.4, 0.5) is 5.82 Å². The van der Waals surface area contributed by atoms with Gasteiger partial charge in [-0.15, -0.1) is 11.3 Å². The average molecular weight is 298 g/mol. The molecule has 1 aliphatic carbocycles. The summed E-state index contributed by atoms with van der Waals surface area (Å²) in [5.41, 5.74) is 0. The average Bonchev–Trinajstić information content (AvgIpc) is 2.87. The molecule has 2 unspecified atom stereocenters. The fourth-order valence-electron chi connectivity index (χ4n) is 2.73. The van der Waals surface area contributed by atoms with Crippen molar-refractivity contribution in [3.8, 4) is 0 Å². The molecule has 2 heterocycles. The quantitative estimate of drug-likeness (QED) is 0.854. The van der Waals surface area contributed by atoms with Crippen molar-refractivity contribution >= 4 is 39.0 Å². The number of aliphatic hydroxyl groups is 1. The number of aromatic nitrogens is 2. The van der Waals surface area contributed by atoms with Gasteiger partial charge in [0.15, 0.2) is 0 Å². The predicted molar refractivity (Wildman–Crippen MR) is 78.9 cm³/mol. The van der Waals surface area contributed by atoms with Crippen molar-refractivity contribution in [2.24, 2.45) is 5.92 Å². The molecule has 1 saturated carbocycles. The minimum absolute atomic E-state index is 0.225. The Morgan fingerprint density at radius 2 is 2.21 bits per heavy atom. The van der Waals surface area contributed by atoms with Crippen LogP contribution in [-0.4, -0.2) is 27.7 Å². The fraction of sp³-hybridized carbons (Fsp3) is 0.538. The van der Waals surface area contributed by atoms with E-state index in [2.05, 4.69) is 15.3 Å². The molecule has 1 aliphatic rings. The lowest BCUT2D eigenvalue weighted by Gasteiger charge is -2.31. The first-order valence-corrected chi connectivity index (χ1v) is 7.82. The van der Waals surface area contributed by atoms with Gasteiger partial charge in [0, 0.05) is 18.6 Å². The number of hydrogen-bond donors (Lipinski definition) is 2. The molecule has 0 spiro atoms. The lowest BCUT2D eigenvalue weighted by atomic mass is 9.85. The molecule has 0 amide bonds. The molecule has 2 aromatic rings. The number of aliphatic hydroxyl groups excluding tert-OH is 1. The van der Waals surface area contributed by atoms with Crippen molar-refractivity contribution in [1.29, 1.82) is 0 Å². The van der Waals surface area contributed by atoms with E-state index in [1.54, 1.807) is 11.3 Å². The Hall–Kier alpha value is -0.910. The number of fused-ring (bicyclic) bond motifs is 1. The number of halogens is 1. The van der Waals surface area contributed by atoms with E-state index in [0.29, 0.717) is 5.92 Å². The van der Waals surface area contributed by atoms with Gasteiger partial charge in [-0.05, 0) is 35.9 Å². The highest BCUT2D eigenvalue weighted by Crippen LogP contribution is 2.31. The van der Waals surface area contributed by atoms with Crippen LogP contribution in [0, 0.1) is 5.92 Å². The van der Waals surface area contributed by atoms with E-state index < -0.39 is 0 Å². The number of nitrogens with one attached hydrogen (secondary N) is 1. The summed E-state index contributed by atoms with van der Waals surface area (Å²) in [6.07, 6.45) is 4.53. The van der Waals surface area contributed by atoms with Crippen molar-refractivity contribution in [2.45, 2.75) is 31.7 Å². The largest absolute Gasteiger partial charge is 0.396 e. The summed E-state index contributed by atoms with van der Waals surface area (Å²) in [7, 11) is 0. The van der Waals surface area contributed by atoms with Crippen LogP contribution in [0.15, 0.2) is 11.4 Å². The van der Waals surface area contributed by atoms with Crippen molar-refractivity contribution in [2.75, 3.05) is 11.9 Å². The van der Waals surface area contributed by atoms with Gasteiger partial charge < -0.3 is 10.4 Å². The number of anilines is 1. The van der Waals surface area contributed by atoms with Gasteiger partial charge in [0.1, 0.15) is 10.6 Å². The molecular weight excluding hydrogens is 282 g/mol. The summed E-state index contributed by atoms with van der Waals surface area (Å²) in [4.78, 5) is 9.42. The molecule has 0 bridgehead atoms. The van der Waals surface area contributed by atoms with Gasteiger partial charge in [-0.25, -0.2) is 9.97 Å². The van der Waals surface area contributed by atoms with Crippen LogP contribution in [0.2, 0.25) is 5.28 Å². The third kappa shape index (κ3) is 2.68. The smallest absolute Gasteiger partial charge is 0.225 e. The summed E-state index contributed by atoms with van der Waals surface area (Å²) in [6, 6.07) is 2.28. The molecule has 0 radical (unpaired) electrons. The van der Waals surface area contributed by atoms with Crippen LogP contribution in [-0.2, 0) is 0 Å². The molecule has 6 heteroatoms. The van der Waals surface area contributed by atoms with E-state index in [4.69, 9.17) is 11.6 Å². The van der Waals surface area contributed by atoms with E-state index in [-0.39, 0.29) is 17.9 Å². The molecule has 19 heavy (non-hydrogen) atoms. The second kappa shape index (κ2) is 5.61. The highest BCUT2D eigenvalue weighted by Gasteiger charge is 2.25. The lowest BCUT2D eigenvalue weighted by Crippen LogP contribution is -2.34. The molecule has 1 fully saturated rings. The zero-order valence-electron chi connectivity index (χ0n) is 10.5. The Morgan fingerprint density at radius 3 is 3.05 bits per heavy atom. The third-order valence-corrected chi connectivity index (χ3v) is 4.74. The van der Waals surface area contributed by atoms with Crippen molar-refractivity contribution in [3.63, 3.8) is 0 Å². The minimum Gasteiger partial charge on any atom is -0.396 e. The van der Waals surface area contributed by atoms with Crippen LogP contribution in [0.3, 0.4) is 0 Å². The molecule has 4 nitrogen and oxygen atoms in total. The highest BCUT2D eigenvalue weighted by atomic mass is 35.5. The second-order valence-electron chi connectivity index (χ2n) is 4.96. The molecule has 0 aliphatic heterocycles. The Labute approximate surface area is 120 Å². The van der Waals surface area contributed by atoms with E-state index in [1.807, 2.05) is 11.4 Å². The Balaban J connectivity index is 1.89. The van der Waals surface area contributed by atoms with Crippen LogP contribution in [0.5, 0.6) is 0 Å². The Morgan fingerprint density at radius 1 is 1.37 bits per heavy atom. The van der Waals surface area contributed by atoms with E-state index in [0.717, 1.165) is 28.9 Å². The number of thiophene rings is 1. The topological polar surface area (TPSA) is 58.0 Å². The maximum Gasteiger partial charge on any atom is 0.225 e.